The van der Waals surface area contributed by atoms with Crippen molar-refractivity contribution in [2.45, 2.75) is 111 Å². The molecule has 0 saturated heterocycles. The van der Waals surface area contributed by atoms with Gasteiger partial charge in [-0.05, 0) is 221 Å². The highest BCUT2D eigenvalue weighted by Gasteiger charge is 2.28. The van der Waals surface area contributed by atoms with Crippen LogP contribution in [0.25, 0.3) is 0 Å². The molecule has 0 atom stereocenters. The number of pyridine rings is 4. The van der Waals surface area contributed by atoms with Crippen LogP contribution in [0, 0.1) is 38.2 Å². The van der Waals surface area contributed by atoms with Crippen LogP contribution in [0.4, 0.5) is 35.9 Å². The number of carbonyl (C=O) groups is 6. The molecule has 0 bridgehead atoms. The summed E-state index contributed by atoms with van der Waals surface area (Å²) < 4.78 is 58.4. The van der Waals surface area contributed by atoms with Crippen LogP contribution in [0.5, 0.6) is 34.5 Å². The number of aromatic nitrogens is 17. The van der Waals surface area contributed by atoms with Crippen LogP contribution in [0.1, 0.15) is 172 Å². The second-order valence-corrected chi connectivity index (χ2v) is 37.9. The predicted molar refractivity (Wildman–Crippen MR) is 564 cm³/mol. The minimum atomic E-state index is -0.471. The molecule has 1 saturated carbocycles. The highest BCUT2D eigenvalue weighted by atomic mass is 35.5. The van der Waals surface area contributed by atoms with Gasteiger partial charge in [0.25, 0.3) is 0 Å². The van der Waals surface area contributed by atoms with Crippen molar-refractivity contribution in [3.05, 3.63) is 440 Å². The number of ether oxygens (including phenoxy) is 3. The highest BCUT2D eigenvalue weighted by molar-refractivity contribution is 7.10. The van der Waals surface area contributed by atoms with Gasteiger partial charge in [0.15, 0.2) is 51.9 Å². The smallest absolute Gasteiger partial charge is 0.169 e. The number of Topliss-reactive ketones (excluding diaryl/α,β-unsaturated/α-hetero) is 6. The molecule has 148 heavy (non-hydrogen) atoms. The van der Waals surface area contributed by atoms with Crippen molar-refractivity contribution in [2.75, 3.05) is 23.9 Å². The predicted octanol–water partition coefficient (Wildman–Crippen LogP) is 25.0. The highest BCUT2D eigenvalue weighted by Crippen LogP contribution is 2.41. The number of thiazole rings is 3. The van der Waals surface area contributed by atoms with Gasteiger partial charge in [-0.25, -0.2) is 78.0 Å². The topological polar surface area (TPSA) is 356 Å². The zero-order valence-corrected chi connectivity index (χ0v) is 86.1. The Morgan fingerprint density at radius 2 is 0.797 bits per heavy atom. The maximum atomic E-state index is 14.0. The molecule has 0 aliphatic heterocycles. The number of rotatable bonds is 33. The molecule has 6 aromatic carbocycles. The van der Waals surface area contributed by atoms with E-state index in [9.17, 15) is 41.9 Å². The van der Waals surface area contributed by atoms with Crippen molar-refractivity contribution in [1.82, 2.24) is 84.7 Å². The van der Waals surface area contributed by atoms with Crippen LogP contribution >= 0.6 is 80.4 Å². The van der Waals surface area contributed by atoms with Crippen molar-refractivity contribution in [3.8, 4) is 34.5 Å². The molecule has 12 aromatic heterocycles. The molecule has 19 rings (SSSR count). The third-order valence-electron chi connectivity index (χ3n) is 21.7. The molecule has 0 amide bonds. The van der Waals surface area contributed by atoms with E-state index in [0.29, 0.717) is 146 Å². The van der Waals surface area contributed by atoms with Gasteiger partial charge in [0.1, 0.15) is 81.4 Å². The van der Waals surface area contributed by atoms with E-state index in [4.69, 9.17) is 60.6 Å². The minimum absolute atomic E-state index is 0.00712. The molecular weight excluding hydrogens is 2030 g/mol. The standard InChI is InChI=1S/C19H15ClFN3O2.C19H17FN4O.C19H16FN3O.C18H14ClN3O2S.C18H16ClN3OS.C17H14ClN3O2S/c1-2-18-17(21)4-3-14(24-18)8-19(25)12-5-13(20)7-15(6-12)26-16-9-22-11-23-10-16;1-13-3-4-23-16(5-13)9-19(25)14-6-15(20)8-17(7-14)24(2)18-10-21-12-22-11-18;1-13-3-2-4-18(23-13)9-19(24)16-6-14(7-17(20)8-16)5-15-10-21-12-22-11-15;19-13-3-12(4-14(5-13)24-15-7-20-10-21-8-15)17(23)6-18-22-16(9-25-18)11-1-2-11;1-12-11-24-18(21-12)9-17(23)13-6-14(19)8-16(7-13)22(2)15-4-3-5-20-10-15;1-2-13-9-24-17(21-13)6-16(22)11-3-12(18)5-14(4-11)23-15-7-19-10-20-8-15/h3-7,9-11H,2,8H2,1H3;3-8,10-12H,9H2,1-2H3;2-4,6-8,10-12H,5,9H2,1H3;3-5,7-11H,1-2,6H2;3-8,10-11H,9H2,1-2H3;3-5,7-10H,2,6H2,1H3. The number of carbonyl (C=O) groups excluding carboxylic acids is 6. The fourth-order valence-corrected chi connectivity index (χ4v) is 17.8. The number of aryl methyl sites for hydroxylation is 5. The summed E-state index contributed by atoms with van der Waals surface area (Å²) in [6, 6.07) is 44.6. The Labute approximate surface area is 882 Å². The fourth-order valence-electron chi connectivity index (χ4n) is 14.3. The quantitative estimate of drug-likeness (QED) is 0.0345. The normalized spacial score (nSPS) is 11.1. The van der Waals surface area contributed by atoms with Crippen molar-refractivity contribution in [1.29, 1.82) is 0 Å². The Bertz CT molecular complexity index is 7640. The summed E-state index contributed by atoms with van der Waals surface area (Å²) in [5.41, 5.74) is 14.3. The largest absolute Gasteiger partial charge is 0.454 e. The van der Waals surface area contributed by atoms with Crippen LogP contribution < -0.4 is 24.0 Å². The monoisotopic (exact) mass is 2120 g/mol. The first kappa shape index (κ1) is 108. The average Bonchev–Trinajstić information content (AvgIpc) is 1.74. The summed E-state index contributed by atoms with van der Waals surface area (Å²) in [5, 5.41) is 10.2. The molecular formula is C110H92Cl4F3N19O9S3. The summed E-state index contributed by atoms with van der Waals surface area (Å²) in [4.78, 5) is 148. The van der Waals surface area contributed by atoms with E-state index in [0.717, 1.165) is 66.7 Å². The molecule has 1 aliphatic rings. The van der Waals surface area contributed by atoms with Crippen LogP contribution in [-0.2, 0) is 57.8 Å². The lowest BCUT2D eigenvalue weighted by molar-refractivity contribution is 0.0983. The Morgan fingerprint density at radius 1 is 0.351 bits per heavy atom. The summed E-state index contributed by atoms with van der Waals surface area (Å²) in [6.45, 7) is 9.58. The van der Waals surface area contributed by atoms with E-state index in [1.807, 2.05) is 106 Å². The van der Waals surface area contributed by atoms with E-state index in [2.05, 4.69) is 90.1 Å². The van der Waals surface area contributed by atoms with Gasteiger partial charge < -0.3 is 24.0 Å². The van der Waals surface area contributed by atoms with Gasteiger partial charge >= 0.3 is 0 Å². The van der Waals surface area contributed by atoms with Crippen molar-refractivity contribution >= 4 is 138 Å². The number of hydrogen-bond acceptors (Lipinski definition) is 31. The first-order chi connectivity index (χ1) is 71.5. The molecule has 0 spiro atoms. The molecule has 18 aromatic rings. The number of anilines is 4. The Balaban J connectivity index is 0.000000140. The second kappa shape index (κ2) is 53.3. The van der Waals surface area contributed by atoms with E-state index in [1.165, 1.54) is 140 Å². The summed E-state index contributed by atoms with van der Waals surface area (Å²) in [6.07, 6.45) is 33.3. The Kier molecular flexibility index (Phi) is 38.9. The zero-order valence-electron chi connectivity index (χ0n) is 80.6. The third-order valence-corrected chi connectivity index (χ3v) is 25.3. The number of ketones is 6. The SMILES string of the molecule is CCc1csc(CC(=O)c2cc(Cl)cc(Oc3cncnc3)c2)n1.CCc1nc(CC(=O)c2cc(Cl)cc(Oc3cncnc3)c2)ccc1F.Cc1cccc(CC(=O)c2cc(F)cc(Cc3cncnc3)c2)n1.Cc1ccnc(CC(=O)c2cc(F)cc(N(C)c3cncnc3)c2)c1.Cc1csc(CC(=O)c2cc(Cl)cc(N(C)c3cccnc3)c2)n1.O=C(Cc1nc(C2CC2)cs1)c1cc(Cl)cc(Oc2cncnc2)c1. The van der Waals surface area contributed by atoms with E-state index in [-0.39, 0.29) is 79.0 Å². The number of hydrogen-bond donors (Lipinski definition) is 0. The van der Waals surface area contributed by atoms with Crippen LogP contribution in [0.15, 0.2) is 292 Å². The van der Waals surface area contributed by atoms with Gasteiger partial charge in [-0.2, -0.15) is 0 Å². The lowest BCUT2D eigenvalue weighted by Gasteiger charge is -2.20. The fraction of sp³-hybridized carbons (Fsp3) is 0.173. The maximum absolute atomic E-state index is 14.0. The Morgan fingerprint density at radius 3 is 1.29 bits per heavy atom. The molecule has 1 fully saturated rings. The van der Waals surface area contributed by atoms with Crippen molar-refractivity contribution in [3.63, 3.8) is 0 Å². The van der Waals surface area contributed by atoms with Gasteiger partial charge in [-0.15, -0.1) is 34.0 Å². The second-order valence-electron chi connectivity index (χ2n) is 33.3. The van der Waals surface area contributed by atoms with Crippen molar-refractivity contribution < 1.29 is 56.1 Å². The molecule has 38 heteroatoms. The summed E-state index contributed by atoms with van der Waals surface area (Å²) in [5.74, 6) is 1.46. The molecule has 12 heterocycles. The first-order valence-electron chi connectivity index (χ1n) is 45.9. The summed E-state index contributed by atoms with van der Waals surface area (Å²) >= 11 is 29.1. The maximum Gasteiger partial charge on any atom is 0.169 e. The lowest BCUT2D eigenvalue weighted by atomic mass is 10.00. The van der Waals surface area contributed by atoms with Crippen LogP contribution in [-0.4, -0.2) is 134 Å². The minimum Gasteiger partial charge on any atom is -0.454 e. The first-order valence-corrected chi connectivity index (χ1v) is 50.1. The van der Waals surface area contributed by atoms with Crippen LogP contribution in [0.2, 0.25) is 20.1 Å². The summed E-state index contributed by atoms with van der Waals surface area (Å²) in [7, 11) is 3.69. The number of halogens is 7. The van der Waals surface area contributed by atoms with Gasteiger partial charge in [0, 0.05) is 161 Å². The lowest BCUT2D eigenvalue weighted by Crippen LogP contribution is -2.12. The molecule has 0 N–H and O–H groups in total. The average molecular weight is 2120 g/mol. The number of nitrogens with zero attached hydrogens (tertiary/aromatic N) is 19. The molecule has 748 valence electrons. The molecule has 28 nitrogen and oxygen atoms in total. The van der Waals surface area contributed by atoms with E-state index >= 15 is 0 Å². The molecule has 1 aliphatic carbocycles. The van der Waals surface area contributed by atoms with Crippen molar-refractivity contribution in [2.24, 2.45) is 0 Å². The van der Waals surface area contributed by atoms with Gasteiger partial charge in [0.2, 0.25) is 0 Å². The molecule has 0 radical (unpaired) electrons. The Hall–Kier alpha value is -15.8. The number of benzene rings is 6. The van der Waals surface area contributed by atoms with Gasteiger partial charge in [-0.3, -0.25) is 48.7 Å². The van der Waals surface area contributed by atoms with Gasteiger partial charge in [0.05, 0.1) is 123 Å². The van der Waals surface area contributed by atoms with Crippen LogP contribution in [0.3, 0.4) is 0 Å². The van der Waals surface area contributed by atoms with Gasteiger partial charge in [-0.1, -0.05) is 66.3 Å². The molecule has 0 unspecified atom stereocenters. The third kappa shape index (κ3) is 33.4. The van der Waals surface area contributed by atoms with E-state index in [1.54, 1.807) is 147 Å². The zero-order chi connectivity index (χ0) is 105. The van der Waals surface area contributed by atoms with E-state index < -0.39 is 11.6 Å².